The van der Waals surface area contributed by atoms with Crippen LogP contribution in [0, 0.1) is 23.3 Å². The third-order valence-corrected chi connectivity index (χ3v) is 3.94. The molecule has 2 aromatic carbocycles. The Labute approximate surface area is 124 Å². The number of hydrogen-bond acceptors (Lipinski definition) is 1. The van der Waals surface area contributed by atoms with Gasteiger partial charge in [-0.05, 0) is 39.7 Å². The summed E-state index contributed by atoms with van der Waals surface area (Å²) >= 11 is 8.66. The molecular formula is C13H6BrClF4O. The quantitative estimate of drug-likeness (QED) is 0.599. The van der Waals surface area contributed by atoms with E-state index in [9.17, 15) is 22.7 Å². The predicted molar refractivity (Wildman–Crippen MR) is 69.5 cm³/mol. The molecule has 1 atom stereocenters. The Morgan fingerprint density at radius 3 is 2.10 bits per heavy atom. The fourth-order valence-corrected chi connectivity index (χ4v) is 2.14. The Morgan fingerprint density at radius 2 is 1.55 bits per heavy atom. The summed E-state index contributed by atoms with van der Waals surface area (Å²) < 4.78 is 53.2. The van der Waals surface area contributed by atoms with Gasteiger partial charge < -0.3 is 5.11 Å². The number of halogens is 6. The highest BCUT2D eigenvalue weighted by Crippen LogP contribution is 2.33. The van der Waals surface area contributed by atoms with Crippen LogP contribution in [0.3, 0.4) is 0 Å². The van der Waals surface area contributed by atoms with Crippen molar-refractivity contribution in [2.24, 2.45) is 0 Å². The van der Waals surface area contributed by atoms with E-state index in [0.717, 1.165) is 0 Å². The molecule has 0 aliphatic rings. The zero-order chi connectivity index (χ0) is 15.0. The van der Waals surface area contributed by atoms with E-state index in [1.165, 1.54) is 12.1 Å². The third kappa shape index (κ3) is 2.68. The lowest BCUT2D eigenvalue weighted by Gasteiger charge is -2.14. The molecular weight excluding hydrogens is 363 g/mol. The van der Waals surface area contributed by atoms with Gasteiger partial charge in [-0.15, -0.1) is 0 Å². The van der Waals surface area contributed by atoms with Gasteiger partial charge in [0.25, 0.3) is 0 Å². The van der Waals surface area contributed by atoms with Crippen LogP contribution < -0.4 is 0 Å². The number of rotatable bonds is 2. The maximum atomic E-state index is 13.9. The average Bonchev–Trinajstić information content (AvgIpc) is 2.41. The highest BCUT2D eigenvalue weighted by molar-refractivity contribution is 9.10. The van der Waals surface area contributed by atoms with Gasteiger partial charge in [0.15, 0.2) is 17.5 Å². The number of hydrogen-bond donors (Lipinski definition) is 1. The smallest absolute Gasteiger partial charge is 0.194 e. The second-order valence-electron chi connectivity index (χ2n) is 3.97. The van der Waals surface area contributed by atoms with Gasteiger partial charge in [-0.25, -0.2) is 17.6 Å². The molecule has 7 heteroatoms. The van der Waals surface area contributed by atoms with E-state index in [0.29, 0.717) is 12.1 Å². The van der Waals surface area contributed by atoms with Gasteiger partial charge in [-0.1, -0.05) is 17.7 Å². The highest BCUT2D eigenvalue weighted by atomic mass is 79.9. The molecule has 1 nitrogen and oxygen atoms in total. The van der Waals surface area contributed by atoms with Crippen LogP contribution in [0.25, 0.3) is 0 Å². The normalized spacial score (nSPS) is 12.6. The SMILES string of the molecule is OC(c1cc(F)c(F)c(F)c1)c1ccc(Br)c(Cl)c1F. The maximum absolute atomic E-state index is 13.9. The highest BCUT2D eigenvalue weighted by Gasteiger charge is 2.21. The lowest BCUT2D eigenvalue weighted by Crippen LogP contribution is -2.05. The van der Waals surface area contributed by atoms with Crippen LogP contribution in [0.15, 0.2) is 28.7 Å². The molecule has 0 aliphatic heterocycles. The summed E-state index contributed by atoms with van der Waals surface area (Å²) in [7, 11) is 0. The van der Waals surface area contributed by atoms with Crippen molar-refractivity contribution in [1.29, 1.82) is 0 Å². The van der Waals surface area contributed by atoms with E-state index >= 15 is 0 Å². The Balaban J connectivity index is 2.52. The second kappa shape index (κ2) is 5.71. The van der Waals surface area contributed by atoms with Gasteiger partial charge in [-0.2, -0.15) is 0 Å². The standard InChI is InChI=1S/C13H6BrClF4O/c14-7-2-1-6(11(18)10(7)15)13(20)5-3-8(16)12(19)9(17)4-5/h1-4,13,20H. The molecule has 1 N–H and O–H groups in total. The molecule has 0 spiro atoms. The van der Waals surface area contributed by atoms with Gasteiger partial charge >= 0.3 is 0 Å². The minimum Gasteiger partial charge on any atom is -0.384 e. The molecule has 0 saturated heterocycles. The topological polar surface area (TPSA) is 20.2 Å². The largest absolute Gasteiger partial charge is 0.384 e. The summed E-state index contributed by atoms with van der Waals surface area (Å²) in [5.74, 6) is -5.53. The Bertz CT molecular complexity index is 655. The van der Waals surface area contributed by atoms with Gasteiger partial charge in [0.1, 0.15) is 11.9 Å². The summed E-state index contributed by atoms with van der Waals surface area (Å²) in [6.45, 7) is 0. The van der Waals surface area contributed by atoms with E-state index in [1.54, 1.807) is 0 Å². The van der Waals surface area contributed by atoms with Crippen LogP contribution in [0.4, 0.5) is 17.6 Å². The average molecular weight is 370 g/mol. The molecule has 20 heavy (non-hydrogen) atoms. The van der Waals surface area contributed by atoms with E-state index in [4.69, 9.17) is 11.6 Å². The Morgan fingerprint density at radius 1 is 1.00 bits per heavy atom. The summed E-state index contributed by atoms with van der Waals surface area (Å²) in [5.41, 5.74) is -0.595. The van der Waals surface area contributed by atoms with Crippen LogP contribution >= 0.6 is 27.5 Å². The molecule has 0 aromatic heterocycles. The molecule has 1 unspecified atom stereocenters. The van der Waals surface area contributed by atoms with E-state index in [-0.39, 0.29) is 20.6 Å². The lowest BCUT2D eigenvalue weighted by molar-refractivity contribution is 0.213. The molecule has 2 rings (SSSR count). The van der Waals surface area contributed by atoms with Crippen LogP contribution in [0.1, 0.15) is 17.2 Å². The van der Waals surface area contributed by atoms with Crippen molar-refractivity contribution in [2.75, 3.05) is 0 Å². The molecule has 0 bridgehead atoms. The first-order valence-electron chi connectivity index (χ1n) is 5.28. The number of aliphatic hydroxyl groups excluding tert-OH is 1. The van der Waals surface area contributed by atoms with Crippen LogP contribution in [0.2, 0.25) is 5.02 Å². The first kappa shape index (κ1) is 15.3. The summed E-state index contributed by atoms with van der Waals surface area (Å²) in [4.78, 5) is 0. The molecule has 0 radical (unpaired) electrons. The first-order chi connectivity index (χ1) is 9.32. The van der Waals surface area contributed by atoms with Crippen LogP contribution in [0.5, 0.6) is 0 Å². The van der Waals surface area contributed by atoms with Gasteiger partial charge in [0.05, 0.1) is 5.02 Å². The Hall–Kier alpha value is -1.11. The minimum absolute atomic E-state index is 0.268. The van der Waals surface area contributed by atoms with Crippen molar-refractivity contribution in [2.45, 2.75) is 6.10 Å². The number of benzene rings is 2. The van der Waals surface area contributed by atoms with Gasteiger partial charge in [0.2, 0.25) is 0 Å². The van der Waals surface area contributed by atoms with Crippen molar-refractivity contribution in [3.8, 4) is 0 Å². The lowest BCUT2D eigenvalue weighted by atomic mass is 10.0. The Kier molecular flexibility index (Phi) is 4.36. The van der Waals surface area contributed by atoms with Gasteiger partial charge in [-0.3, -0.25) is 0 Å². The van der Waals surface area contributed by atoms with E-state index in [1.807, 2.05) is 0 Å². The van der Waals surface area contributed by atoms with E-state index in [2.05, 4.69) is 15.9 Å². The fraction of sp³-hybridized carbons (Fsp3) is 0.0769. The molecule has 0 saturated carbocycles. The van der Waals surface area contributed by atoms with Crippen LogP contribution in [-0.2, 0) is 0 Å². The fourth-order valence-electron chi connectivity index (χ4n) is 1.66. The summed E-state index contributed by atoms with van der Waals surface area (Å²) in [6, 6.07) is 3.77. The summed E-state index contributed by atoms with van der Waals surface area (Å²) in [5, 5.41) is 9.68. The van der Waals surface area contributed by atoms with E-state index < -0.39 is 29.4 Å². The van der Waals surface area contributed by atoms with Crippen molar-refractivity contribution in [1.82, 2.24) is 0 Å². The molecule has 0 fully saturated rings. The van der Waals surface area contributed by atoms with Crippen molar-refractivity contribution in [3.63, 3.8) is 0 Å². The monoisotopic (exact) mass is 368 g/mol. The number of aliphatic hydroxyl groups is 1. The third-order valence-electron chi connectivity index (χ3n) is 2.68. The van der Waals surface area contributed by atoms with Crippen molar-refractivity contribution >= 4 is 27.5 Å². The molecule has 2 aromatic rings. The second-order valence-corrected chi connectivity index (χ2v) is 5.20. The maximum Gasteiger partial charge on any atom is 0.194 e. The molecule has 0 heterocycles. The van der Waals surface area contributed by atoms with Gasteiger partial charge in [0, 0.05) is 10.0 Å². The molecule has 0 aliphatic carbocycles. The molecule has 106 valence electrons. The molecule has 0 amide bonds. The minimum atomic E-state index is -1.68. The summed E-state index contributed by atoms with van der Waals surface area (Å²) in [6.07, 6.45) is -1.68. The van der Waals surface area contributed by atoms with Crippen molar-refractivity contribution < 1.29 is 22.7 Å². The van der Waals surface area contributed by atoms with Crippen LogP contribution in [-0.4, -0.2) is 5.11 Å². The zero-order valence-corrected chi connectivity index (χ0v) is 11.9. The predicted octanol–water partition coefficient (Wildman–Crippen LogP) is 4.74. The van der Waals surface area contributed by atoms with Crippen molar-refractivity contribution in [3.05, 3.63) is 68.2 Å². The first-order valence-corrected chi connectivity index (χ1v) is 6.46. The zero-order valence-electron chi connectivity index (χ0n) is 9.60.